The molecule has 21 heavy (non-hydrogen) atoms. The highest BCUT2D eigenvalue weighted by atomic mass is 79.9. The van der Waals surface area contributed by atoms with Gasteiger partial charge in [-0.2, -0.15) is 5.10 Å². The van der Waals surface area contributed by atoms with Gasteiger partial charge in [0.1, 0.15) is 0 Å². The van der Waals surface area contributed by atoms with Crippen molar-refractivity contribution in [2.75, 3.05) is 0 Å². The van der Waals surface area contributed by atoms with E-state index in [1.165, 1.54) is 0 Å². The maximum absolute atomic E-state index is 11.9. The summed E-state index contributed by atoms with van der Waals surface area (Å²) in [6.45, 7) is 1.79. The van der Waals surface area contributed by atoms with Crippen LogP contribution in [0.3, 0.4) is 0 Å². The SMILES string of the molecule is C/C(=N/NC(=O)[C@H](O)c1ccccc1)c1cccc(Br)c1. The lowest BCUT2D eigenvalue weighted by molar-refractivity contribution is -0.129. The summed E-state index contributed by atoms with van der Waals surface area (Å²) < 4.78 is 0.935. The molecule has 0 aliphatic carbocycles. The summed E-state index contributed by atoms with van der Waals surface area (Å²) in [7, 11) is 0. The molecule has 1 amide bonds. The molecule has 2 rings (SSSR count). The maximum Gasteiger partial charge on any atom is 0.273 e. The summed E-state index contributed by atoms with van der Waals surface area (Å²) in [6.07, 6.45) is -1.23. The Morgan fingerprint density at radius 1 is 1.19 bits per heavy atom. The van der Waals surface area contributed by atoms with Gasteiger partial charge in [-0.25, -0.2) is 5.43 Å². The molecule has 2 aromatic rings. The molecule has 0 fully saturated rings. The van der Waals surface area contributed by atoms with Gasteiger partial charge in [0.2, 0.25) is 0 Å². The fourth-order valence-electron chi connectivity index (χ4n) is 1.76. The first kappa shape index (κ1) is 15.4. The summed E-state index contributed by atoms with van der Waals surface area (Å²) in [5.41, 5.74) is 4.46. The van der Waals surface area contributed by atoms with Gasteiger partial charge in [0.05, 0.1) is 5.71 Å². The lowest BCUT2D eigenvalue weighted by atomic mass is 10.1. The predicted octanol–water partition coefficient (Wildman–Crippen LogP) is 3.02. The van der Waals surface area contributed by atoms with E-state index in [-0.39, 0.29) is 0 Å². The number of nitrogens with zero attached hydrogens (tertiary/aromatic N) is 1. The minimum atomic E-state index is -1.23. The Balaban J connectivity index is 2.05. The number of carbonyl (C=O) groups is 1. The zero-order valence-electron chi connectivity index (χ0n) is 11.5. The van der Waals surface area contributed by atoms with E-state index < -0.39 is 12.0 Å². The highest BCUT2D eigenvalue weighted by Gasteiger charge is 2.16. The van der Waals surface area contributed by atoms with Crippen LogP contribution in [-0.4, -0.2) is 16.7 Å². The van der Waals surface area contributed by atoms with Gasteiger partial charge in [-0.1, -0.05) is 58.4 Å². The number of halogens is 1. The van der Waals surface area contributed by atoms with Crippen LogP contribution in [0.25, 0.3) is 0 Å². The Hall–Kier alpha value is -1.98. The number of aliphatic hydroxyl groups is 1. The standard InChI is InChI=1S/C16H15BrN2O2/c1-11(13-8-5-9-14(17)10-13)18-19-16(21)15(20)12-6-3-2-4-7-12/h2-10,15,20H,1H3,(H,19,21)/b18-11-/t15-/m1/s1. The topological polar surface area (TPSA) is 61.7 Å². The summed E-state index contributed by atoms with van der Waals surface area (Å²) in [6, 6.07) is 16.3. The first-order valence-electron chi connectivity index (χ1n) is 6.41. The largest absolute Gasteiger partial charge is 0.378 e. The average molecular weight is 347 g/mol. The third-order valence-corrected chi connectivity index (χ3v) is 3.43. The zero-order chi connectivity index (χ0) is 15.2. The highest BCUT2D eigenvalue weighted by Crippen LogP contribution is 2.13. The lowest BCUT2D eigenvalue weighted by Gasteiger charge is -2.09. The fraction of sp³-hybridized carbons (Fsp3) is 0.125. The van der Waals surface area contributed by atoms with Crippen LogP contribution in [0.15, 0.2) is 64.2 Å². The first-order valence-corrected chi connectivity index (χ1v) is 7.20. The Morgan fingerprint density at radius 3 is 2.57 bits per heavy atom. The molecule has 0 bridgehead atoms. The van der Waals surface area contributed by atoms with E-state index >= 15 is 0 Å². The molecule has 0 aliphatic rings. The molecule has 108 valence electrons. The Kier molecular flexibility index (Phi) is 5.25. The number of hydrogen-bond donors (Lipinski definition) is 2. The number of amides is 1. The highest BCUT2D eigenvalue weighted by molar-refractivity contribution is 9.10. The number of benzene rings is 2. The molecule has 0 aromatic heterocycles. The van der Waals surface area contributed by atoms with Crippen LogP contribution in [0, 0.1) is 0 Å². The molecule has 0 aliphatic heterocycles. The van der Waals surface area contributed by atoms with Crippen molar-refractivity contribution >= 4 is 27.5 Å². The molecule has 0 saturated carbocycles. The van der Waals surface area contributed by atoms with E-state index in [1.807, 2.05) is 30.3 Å². The summed E-state index contributed by atoms with van der Waals surface area (Å²) in [4.78, 5) is 11.9. The van der Waals surface area contributed by atoms with Crippen LogP contribution in [0.1, 0.15) is 24.2 Å². The van der Waals surface area contributed by atoms with Crippen molar-refractivity contribution in [3.05, 3.63) is 70.2 Å². The van der Waals surface area contributed by atoms with Crippen molar-refractivity contribution in [2.24, 2.45) is 5.10 Å². The average Bonchev–Trinajstić information content (AvgIpc) is 2.52. The lowest BCUT2D eigenvalue weighted by Crippen LogP contribution is -2.26. The first-order chi connectivity index (χ1) is 10.1. The molecule has 1 atom stereocenters. The van der Waals surface area contributed by atoms with Crippen LogP contribution in [0.2, 0.25) is 0 Å². The second kappa shape index (κ2) is 7.15. The van der Waals surface area contributed by atoms with Crippen molar-refractivity contribution in [1.82, 2.24) is 5.43 Å². The van der Waals surface area contributed by atoms with Crippen molar-refractivity contribution in [1.29, 1.82) is 0 Å². The summed E-state index contributed by atoms with van der Waals surface area (Å²) >= 11 is 3.38. The molecule has 0 saturated heterocycles. The second-order valence-electron chi connectivity index (χ2n) is 4.50. The third kappa shape index (κ3) is 4.24. The molecule has 0 radical (unpaired) electrons. The molecule has 5 heteroatoms. The van der Waals surface area contributed by atoms with Gasteiger partial charge in [-0.15, -0.1) is 0 Å². The number of aliphatic hydroxyl groups excluding tert-OH is 1. The van der Waals surface area contributed by atoms with E-state index in [9.17, 15) is 9.90 Å². The van der Waals surface area contributed by atoms with Gasteiger partial charge in [-0.05, 0) is 30.2 Å². The molecule has 0 spiro atoms. The van der Waals surface area contributed by atoms with Crippen LogP contribution in [-0.2, 0) is 4.79 Å². The van der Waals surface area contributed by atoms with E-state index in [2.05, 4.69) is 26.5 Å². The van der Waals surface area contributed by atoms with Crippen LogP contribution in [0.4, 0.5) is 0 Å². The molecule has 4 nitrogen and oxygen atoms in total. The van der Waals surface area contributed by atoms with Gasteiger partial charge in [0.15, 0.2) is 6.10 Å². The number of carbonyl (C=O) groups excluding carboxylic acids is 1. The van der Waals surface area contributed by atoms with E-state index in [1.54, 1.807) is 31.2 Å². The van der Waals surface area contributed by atoms with Crippen LogP contribution in [0.5, 0.6) is 0 Å². The van der Waals surface area contributed by atoms with Crippen LogP contribution < -0.4 is 5.43 Å². The summed E-state index contributed by atoms with van der Waals surface area (Å²) in [5.74, 6) is -0.560. The van der Waals surface area contributed by atoms with Gasteiger partial charge in [0.25, 0.3) is 5.91 Å². The smallest absolute Gasteiger partial charge is 0.273 e. The fourth-order valence-corrected chi connectivity index (χ4v) is 2.16. The molecule has 2 aromatic carbocycles. The maximum atomic E-state index is 11.9. The minimum absolute atomic E-state index is 0.533. The van der Waals surface area contributed by atoms with Gasteiger partial charge in [0, 0.05) is 4.47 Å². The summed E-state index contributed by atoms with van der Waals surface area (Å²) in [5, 5.41) is 13.9. The van der Waals surface area contributed by atoms with Crippen LogP contribution >= 0.6 is 15.9 Å². The Bertz CT molecular complexity index is 656. The van der Waals surface area contributed by atoms with E-state index in [0.717, 1.165) is 10.0 Å². The number of hydrazone groups is 1. The Morgan fingerprint density at radius 2 is 1.90 bits per heavy atom. The number of hydrogen-bond acceptors (Lipinski definition) is 3. The molecule has 0 unspecified atom stereocenters. The van der Waals surface area contributed by atoms with Gasteiger partial charge < -0.3 is 5.11 Å². The number of rotatable bonds is 4. The molecule has 2 N–H and O–H groups in total. The molecule has 0 heterocycles. The quantitative estimate of drug-likeness (QED) is 0.660. The third-order valence-electron chi connectivity index (χ3n) is 2.94. The molecular formula is C16H15BrN2O2. The van der Waals surface area contributed by atoms with Gasteiger partial charge in [-0.3, -0.25) is 4.79 Å². The van der Waals surface area contributed by atoms with Gasteiger partial charge >= 0.3 is 0 Å². The monoisotopic (exact) mass is 346 g/mol. The molecular weight excluding hydrogens is 332 g/mol. The number of nitrogens with one attached hydrogen (secondary N) is 1. The Labute approximate surface area is 131 Å². The van der Waals surface area contributed by atoms with E-state index in [0.29, 0.717) is 11.3 Å². The van der Waals surface area contributed by atoms with Crippen molar-refractivity contribution < 1.29 is 9.90 Å². The second-order valence-corrected chi connectivity index (χ2v) is 5.41. The van der Waals surface area contributed by atoms with Crippen molar-refractivity contribution in [3.63, 3.8) is 0 Å². The zero-order valence-corrected chi connectivity index (χ0v) is 13.0. The predicted molar refractivity (Wildman–Crippen MR) is 85.9 cm³/mol. The van der Waals surface area contributed by atoms with Crippen molar-refractivity contribution in [3.8, 4) is 0 Å². The normalized spacial score (nSPS) is 12.8. The van der Waals surface area contributed by atoms with E-state index in [4.69, 9.17) is 0 Å². The minimum Gasteiger partial charge on any atom is -0.378 e. The van der Waals surface area contributed by atoms with Crippen molar-refractivity contribution in [2.45, 2.75) is 13.0 Å².